The highest BCUT2D eigenvalue weighted by atomic mass is 32.2. The average Bonchev–Trinajstić information content (AvgIpc) is 2.35. The Labute approximate surface area is 156 Å². The van der Waals surface area contributed by atoms with E-state index in [0.29, 0.717) is 0 Å². The van der Waals surface area contributed by atoms with Crippen LogP contribution in [0, 0.1) is 0 Å². The second-order valence-corrected chi connectivity index (χ2v) is 28.4. The lowest BCUT2D eigenvalue weighted by atomic mass is 11.3. The molecule has 0 bridgehead atoms. The van der Waals surface area contributed by atoms with Crippen LogP contribution in [0.15, 0.2) is 24.6 Å². The molecule has 0 spiro atoms. The van der Waals surface area contributed by atoms with Crippen molar-refractivity contribution in [1.82, 2.24) is 0 Å². The van der Waals surface area contributed by atoms with Gasteiger partial charge in [0.1, 0.15) is 0 Å². The average molecular weight is 426 g/mol. The van der Waals surface area contributed by atoms with Crippen molar-refractivity contribution in [3.05, 3.63) is 24.6 Å². The molecule has 0 N–H and O–H groups in total. The Morgan fingerprint density at radius 1 is 0.913 bits per heavy atom. The molecule has 0 amide bonds. The van der Waals surface area contributed by atoms with Crippen LogP contribution in [-0.2, 0) is 8.23 Å². The second-order valence-electron chi connectivity index (χ2n) is 8.20. The van der Waals surface area contributed by atoms with E-state index in [9.17, 15) is 0 Å². The van der Waals surface area contributed by atoms with Crippen LogP contribution in [0.25, 0.3) is 0 Å². The van der Waals surface area contributed by atoms with Gasteiger partial charge in [0, 0.05) is 10.9 Å². The lowest BCUT2D eigenvalue weighted by Crippen LogP contribution is -2.45. The van der Waals surface area contributed by atoms with Crippen molar-refractivity contribution in [3.8, 4) is 0 Å². The third kappa shape index (κ3) is 12.1. The smallest absolute Gasteiger partial charge is 0.198 e. The molecule has 0 aromatic rings. The molecule has 0 radical (unpaired) electrons. The van der Waals surface area contributed by atoms with Gasteiger partial charge in [0.2, 0.25) is 0 Å². The van der Waals surface area contributed by atoms with E-state index in [1.165, 1.54) is 0 Å². The zero-order chi connectivity index (χ0) is 19.2. The number of hydrogen-bond acceptors (Lipinski definition) is 3. The van der Waals surface area contributed by atoms with Crippen molar-refractivity contribution < 1.29 is 8.23 Å². The first-order valence-electron chi connectivity index (χ1n) is 8.57. The van der Waals surface area contributed by atoms with Gasteiger partial charge in [0.05, 0.1) is 1.28 Å². The fourth-order valence-electron chi connectivity index (χ4n) is 2.24. The summed E-state index contributed by atoms with van der Waals surface area (Å²) in [6, 6.07) is 0. The van der Waals surface area contributed by atoms with Gasteiger partial charge >= 0.3 is 0 Å². The lowest BCUT2D eigenvalue weighted by Gasteiger charge is -2.32. The van der Waals surface area contributed by atoms with Gasteiger partial charge < -0.3 is 8.23 Å². The van der Waals surface area contributed by atoms with Gasteiger partial charge in [0.15, 0.2) is 33.3 Å². The fourth-order valence-corrected chi connectivity index (χ4v) is 22.9. The summed E-state index contributed by atoms with van der Waals surface area (Å²) in [5.74, 6) is 0.954. The predicted octanol–water partition coefficient (Wildman–Crippen LogP) is 5.74. The molecule has 0 aromatic carbocycles. The van der Waals surface area contributed by atoms with Crippen LogP contribution in [-0.4, -0.2) is 51.2 Å². The van der Waals surface area contributed by atoms with Gasteiger partial charge in [-0.05, 0) is 58.2 Å². The molecule has 1 atom stereocenters. The first kappa shape index (κ1) is 22.1. The maximum Gasteiger partial charge on any atom is 0.198 e. The van der Waals surface area contributed by atoms with Gasteiger partial charge in [-0.15, -0.1) is 21.7 Å². The van der Waals surface area contributed by atoms with E-state index in [0.717, 1.165) is 16.7 Å². The van der Waals surface area contributed by atoms with Crippen LogP contribution < -0.4 is 0 Å². The summed E-state index contributed by atoms with van der Waals surface area (Å²) in [4.78, 5) is 0. The van der Waals surface area contributed by atoms with E-state index in [1.807, 2.05) is 23.2 Å². The molecular weight excluding hydrogens is 388 g/mol. The number of thioether (sulfide) groups is 1. The first-order chi connectivity index (χ1) is 10.6. The Hall–Kier alpha value is 1.05. The van der Waals surface area contributed by atoms with Gasteiger partial charge in [-0.1, -0.05) is 11.4 Å². The van der Waals surface area contributed by atoms with E-state index in [-0.39, 0.29) is 0 Å². The molecule has 0 aliphatic heterocycles. The molecule has 0 aliphatic carbocycles. The molecule has 0 rings (SSSR count). The van der Waals surface area contributed by atoms with Crippen molar-refractivity contribution in [1.29, 1.82) is 1.28 Å². The summed E-state index contributed by atoms with van der Waals surface area (Å²) in [6.07, 6.45) is 0. The van der Waals surface area contributed by atoms with Gasteiger partial charge in [-0.2, -0.15) is 11.8 Å². The lowest BCUT2D eigenvalue weighted by molar-refractivity contribution is 0.563. The molecule has 0 heterocycles. The Kier molecular flexibility index (Phi) is 9.28. The Bertz CT molecular complexity index is 434. The zero-order valence-electron chi connectivity index (χ0n) is 17.4. The highest BCUT2D eigenvalue weighted by Crippen LogP contribution is 2.28. The second kappa shape index (κ2) is 9.66. The van der Waals surface area contributed by atoms with Crippen molar-refractivity contribution in [2.24, 2.45) is 0 Å². The highest BCUT2D eigenvalue weighted by Gasteiger charge is 2.32. The molecule has 1 unspecified atom stereocenters. The van der Waals surface area contributed by atoms with Gasteiger partial charge in [-0.25, -0.2) is 0 Å². The molecule has 0 aliphatic rings. The summed E-state index contributed by atoms with van der Waals surface area (Å²) in [5.41, 5.74) is 4.95. The summed E-state index contributed by atoms with van der Waals surface area (Å²) in [6.45, 7) is 25.7. The predicted molar refractivity (Wildman–Crippen MR) is 123 cm³/mol. The Balaban J connectivity index is 4.37. The van der Waals surface area contributed by atoms with Crippen LogP contribution in [0.4, 0.5) is 0 Å². The van der Waals surface area contributed by atoms with Crippen molar-refractivity contribution >= 4 is 53.6 Å². The molecule has 0 aromatic heterocycles. The van der Waals surface area contributed by atoms with Crippen LogP contribution in [0.5, 0.6) is 0 Å². The number of hydrogen-bond donors (Lipinski definition) is 0. The SMILES string of the molecule is [2H]P(CSC[Si](C)(C)O[Si](C)(C)C=C)C[Si](C)(C)O[Si](C)(C)C=C. The fraction of sp³-hybridized carbons (Fsp3) is 0.733. The van der Waals surface area contributed by atoms with Gasteiger partial charge in [-0.3, -0.25) is 0 Å². The summed E-state index contributed by atoms with van der Waals surface area (Å²) >= 11 is 1.91. The third-order valence-corrected chi connectivity index (χ3v) is 22.8. The Morgan fingerprint density at radius 3 is 1.78 bits per heavy atom. The summed E-state index contributed by atoms with van der Waals surface area (Å²) in [5, 5.41) is 1.06. The molecule has 8 heteroatoms. The van der Waals surface area contributed by atoms with Crippen LogP contribution in [0.3, 0.4) is 0 Å². The van der Waals surface area contributed by atoms with Crippen molar-refractivity contribution in [3.63, 3.8) is 0 Å². The standard InChI is InChI=1S/C15H37O2PSSi4/c1-11-20(3,4)16-22(7,8)14-18-13-19-15-23(9,10)17-21(5,6)12-2/h11-12,18H,1-2,13-15H2,3-10H3/i18D. The number of rotatable bonds is 12. The molecule has 2 nitrogen and oxygen atoms in total. The van der Waals surface area contributed by atoms with E-state index < -0.39 is 41.8 Å². The van der Waals surface area contributed by atoms with Crippen LogP contribution >= 0.6 is 20.3 Å². The minimum Gasteiger partial charge on any atom is -0.452 e. The van der Waals surface area contributed by atoms with Gasteiger partial charge in [0.25, 0.3) is 0 Å². The van der Waals surface area contributed by atoms with Crippen molar-refractivity contribution in [2.75, 3.05) is 16.7 Å². The van der Waals surface area contributed by atoms with Crippen molar-refractivity contribution in [2.45, 2.75) is 52.4 Å². The molecule has 0 fully saturated rings. The summed E-state index contributed by atoms with van der Waals surface area (Å²) in [7, 11) is -7.62. The molecular formula is C15H37O2PSSi4. The zero-order valence-corrected chi connectivity index (χ0v) is 22.1. The first-order valence-corrected chi connectivity index (χ1v) is 22.7. The maximum atomic E-state index is 8.47. The van der Waals surface area contributed by atoms with E-state index >= 15 is 0 Å². The van der Waals surface area contributed by atoms with Crippen LogP contribution in [0.2, 0.25) is 52.4 Å². The molecule has 136 valence electrons. The quantitative estimate of drug-likeness (QED) is 0.293. The normalized spacial score (nSPS) is 15.9. The minimum absolute atomic E-state index is 0.721. The third-order valence-electron chi connectivity index (χ3n) is 3.19. The van der Waals surface area contributed by atoms with Crippen LogP contribution in [0.1, 0.15) is 0 Å². The highest BCUT2D eigenvalue weighted by molar-refractivity contribution is 8.04. The molecule has 0 saturated carbocycles. The maximum absolute atomic E-state index is 8.47. The largest absolute Gasteiger partial charge is 0.452 e. The monoisotopic (exact) mass is 425 g/mol. The Morgan fingerprint density at radius 2 is 1.35 bits per heavy atom. The van der Waals surface area contributed by atoms with E-state index in [1.54, 1.807) is 0 Å². The topological polar surface area (TPSA) is 18.5 Å². The molecule has 23 heavy (non-hydrogen) atoms. The summed E-state index contributed by atoms with van der Waals surface area (Å²) < 4.78 is 21.3. The van der Waals surface area contributed by atoms with E-state index in [2.05, 4.69) is 65.5 Å². The molecule has 0 saturated heterocycles. The minimum atomic E-state index is -1.77. The van der Waals surface area contributed by atoms with E-state index in [4.69, 9.17) is 9.51 Å².